The number of methoxy groups -OCH3 is 2. The fourth-order valence-electron chi connectivity index (χ4n) is 3.71. The van der Waals surface area contributed by atoms with Gasteiger partial charge in [0.1, 0.15) is 5.82 Å². The van der Waals surface area contributed by atoms with Crippen LogP contribution in [0.2, 0.25) is 0 Å². The summed E-state index contributed by atoms with van der Waals surface area (Å²) in [7, 11) is 2.33. The third-order valence-electron chi connectivity index (χ3n) is 5.46. The van der Waals surface area contributed by atoms with Crippen molar-refractivity contribution < 1.29 is 32.2 Å². The minimum absolute atomic E-state index is 0.0201. The predicted octanol–water partition coefficient (Wildman–Crippen LogP) is 5.15. The van der Waals surface area contributed by atoms with Crippen molar-refractivity contribution in [3.63, 3.8) is 0 Å². The molecule has 0 saturated heterocycles. The highest BCUT2D eigenvalue weighted by atomic mass is 19.4. The van der Waals surface area contributed by atoms with E-state index in [1.54, 1.807) is 24.3 Å². The Bertz CT molecular complexity index is 1570. The Kier molecular flexibility index (Phi) is 6.92. The van der Waals surface area contributed by atoms with Gasteiger partial charge in [0.05, 0.1) is 47.5 Å². The predicted molar refractivity (Wildman–Crippen MR) is 130 cm³/mol. The first-order valence-corrected chi connectivity index (χ1v) is 10.8. The molecule has 0 unspecified atom stereocenters. The second-order valence-corrected chi connectivity index (χ2v) is 7.84. The fourth-order valence-corrected chi connectivity index (χ4v) is 3.71. The van der Waals surface area contributed by atoms with Gasteiger partial charge in [-0.15, -0.1) is 0 Å². The second-order valence-electron chi connectivity index (χ2n) is 7.84. The van der Waals surface area contributed by atoms with E-state index in [0.29, 0.717) is 5.52 Å². The number of aromatic nitrogens is 2. The molecule has 0 aliphatic rings. The van der Waals surface area contributed by atoms with E-state index in [1.165, 1.54) is 56.7 Å². The van der Waals surface area contributed by atoms with E-state index in [1.807, 2.05) is 0 Å². The molecule has 1 heterocycles. The van der Waals surface area contributed by atoms with E-state index in [2.05, 4.69) is 4.98 Å². The summed E-state index contributed by atoms with van der Waals surface area (Å²) in [5.74, 6) is -1.45. The van der Waals surface area contributed by atoms with Gasteiger partial charge < -0.3 is 9.47 Å². The Morgan fingerprint density at radius 3 is 2.14 bits per heavy atom. The first kappa shape index (κ1) is 25.4. The number of hydrogen-bond donors (Lipinski definition) is 0. The maximum absolute atomic E-state index is 13.6. The number of alkyl halides is 3. The number of carbonyl (C=O) groups is 2. The van der Waals surface area contributed by atoms with Gasteiger partial charge in [-0.05, 0) is 54.1 Å². The summed E-state index contributed by atoms with van der Waals surface area (Å²) in [6, 6.07) is 15.1. The molecule has 0 aliphatic carbocycles. The van der Waals surface area contributed by atoms with Crippen molar-refractivity contribution >= 4 is 35.0 Å². The number of rotatable bonds is 5. The Morgan fingerprint density at radius 2 is 1.51 bits per heavy atom. The van der Waals surface area contributed by atoms with Crippen LogP contribution in [0.1, 0.15) is 37.7 Å². The molecule has 1 aromatic heterocycles. The summed E-state index contributed by atoms with van der Waals surface area (Å²) >= 11 is 0. The van der Waals surface area contributed by atoms with Crippen LogP contribution in [0.15, 0.2) is 71.5 Å². The number of ether oxygens (including phenoxy) is 2. The monoisotopic (exact) mass is 508 g/mol. The third kappa shape index (κ3) is 5.27. The van der Waals surface area contributed by atoms with Crippen LogP contribution in [-0.4, -0.2) is 35.7 Å². The number of fused-ring (bicyclic) bond motifs is 1. The molecule has 10 heteroatoms. The van der Waals surface area contributed by atoms with Gasteiger partial charge >= 0.3 is 18.1 Å². The quantitative estimate of drug-likeness (QED) is 0.347. The number of halogens is 3. The van der Waals surface area contributed by atoms with Crippen molar-refractivity contribution in [3.05, 3.63) is 105 Å². The fraction of sp³-hybridized carbons (Fsp3) is 0.111. The number of para-hydroxylation sites is 1. The molecule has 37 heavy (non-hydrogen) atoms. The topological polar surface area (TPSA) is 87.5 Å². The third-order valence-corrected chi connectivity index (χ3v) is 5.46. The highest BCUT2D eigenvalue weighted by molar-refractivity contribution is 5.96. The van der Waals surface area contributed by atoms with Crippen molar-refractivity contribution in [2.24, 2.45) is 0 Å². The van der Waals surface area contributed by atoms with Gasteiger partial charge in [-0.25, -0.2) is 14.6 Å². The van der Waals surface area contributed by atoms with Gasteiger partial charge in [0.25, 0.3) is 5.56 Å². The molecule has 188 valence electrons. The van der Waals surface area contributed by atoms with Crippen molar-refractivity contribution in [3.8, 4) is 5.69 Å². The molecule has 0 fully saturated rings. The first-order valence-electron chi connectivity index (χ1n) is 10.8. The number of esters is 2. The van der Waals surface area contributed by atoms with E-state index in [4.69, 9.17) is 9.47 Å². The zero-order chi connectivity index (χ0) is 26.7. The van der Waals surface area contributed by atoms with Crippen molar-refractivity contribution in [1.82, 2.24) is 9.55 Å². The maximum atomic E-state index is 13.6. The summed E-state index contributed by atoms with van der Waals surface area (Å²) in [6.45, 7) is 0. The highest BCUT2D eigenvalue weighted by Crippen LogP contribution is 2.30. The van der Waals surface area contributed by atoms with Gasteiger partial charge in [-0.3, -0.25) is 9.36 Å². The van der Waals surface area contributed by atoms with Crippen molar-refractivity contribution in [2.45, 2.75) is 6.18 Å². The number of hydrogen-bond acceptors (Lipinski definition) is 6. The van der Waals surface area contributed by atoms with Crippen LogP contribution in [0.3, 0.4) is 0 Å². The maximum Gasteiger partial charge on any atom is 0.416 e. The van der Waals surface area contributed by atoms with Crippen LogP contribution in [0, 0.1) is 0 Å². The van der Waals surface area contributed by atoms with Crippen molar-refractivity contribution in [2.75, 3.05) is 14.2 Å². The van der Waals surface area contributed by atoms with Crippen molar-refractivity contribution in [1.29, 1.82) is 0 Å². The molecule has 0 amide bonds. The van der Waals surface area contributed by atoms with Crippen LogP contribution in [0.4, 0.5) is 13.2 Å². The largest absolute Gasteiger partial charge is 0.465 e. The molecular weight excluding hydrogens is 489 g/mol. The second kappa shape index (κ2) is 10.1. The lowest BCUT2D eigenvalue weighted by molar-refractivity contribution is -0.137. The van der Waals surface area contributed by atoms with Gasteiger partial charge in [-0.1, -0.05) is 30.3 Å². The van der Waals surface area contributed by atoms with Gasteiger partial charge in [0.2, 0.25) is 0 Å². The van der Waals surface area contributed by atoms with Gasteiger partial charge in [-0.2, -0.15) is 13.2 Å². The Balaban J connectivity index is 1.97. The molecule has 4 rings (SSSR count). The lowest BCUT2D eigenvalue weighted by Crippen LogP contribution is -2.23. The molecule has 0 spiro atoms. The molecule has 3 aromatic carbocycles. The summed E-state index contributed by atoms with van der Waals surface area (Å²) in [5, 5.41) is 0.252. The van der Waals surface area contributed by atoms with Gasteiger partial charge in [0, 0.05) is 0 Å². The Labute approximate surface area is 208 Å². The SMILES string of the molecule is COC(=O)c1cc(C(=O)OC)cc(-n2c(C=Cc3cccc(C(F)(F)F)c3)nc3ccccc3c2=O)c1. The lowest BCUT2D eigenvalue weighted by Gasteiger charge is -2.14. The molecule has 7 nitrogen and oxygen atoms in total. The zero-order valence-corrected chi connectivity index (χ0v) is 19.6. The molecule has 0 bridgehead atoms. The van der Waals surface area contributed by atoms with E-state index in [9.17, 15) is 27.6 Å². The molecular formula is C27H19F3N2O5. The van der Waals surface area contributed by atoms with E-state index in [0.717, 1.165) is 16.7 Å². The Morgan fingerprint density at radius 1 is 0.865 bits per heavy atom. The standard InChI is InChI=1S/C27H19F3N2O5/c1-36-25(34)17-13-18(26(35)37-2)15-20(14-17)32-23(31-22-9-4-3-8-21(22)24(32)33)11-10-16-6-5-7-19(12-16)27(28,29)30/h3-15H,1-2H3. The van der Waals surface area contributed by atoms with E-state index < -0.39 is 29.2 Å². The highest BCUT2D eigenvalue weighted by Gasteiger charge is 2.30. The Hall–Kier alpha value is -4.73. The van der Waals surface area contributed by atoms with Crippen LogP contribution in [0.25, 0.3) is 28.7 Å². The molecule has 0 N–H and O–H groups in total. The molecule has 0 radical (unpaired) electrons. The normalized spacial score (nSPS) is 11.6. The molecule has 0 atom stereocenters. The zero-order valence-electron chi connectivity index (χ0n) is 19.6. The van der Waals surface area contributed by atoms with Crippen LogP contribution < -0.4 is 5.56 Å². The average Bonchev–Trinajstić information content (AvgIpc) is 2.90. The smallest absolute Gasteiger partial charge is 0.416 e. The summed E-state index contributed by atoms with van der Waals surface area (Å²) in [5.41, 5.74) is -0.706. The first-order chi connectivity index (χ1) is 17.6. The average molecular weight is 508 g/mol. The summed E-state index contributed by atoms with van der Waals surface area (Å²) < 4.78 is 50.2. The van der Waals surface area contributed by atoms with Crippen LogP contribution >= 0.6 is 0 Å². The summed E-state index contributed by atoms with van der Waals surface area (Å²) in [6.07, 6.45) is -1.76. The van der Waals surface area contributed by atoms with Crippen LogP contribution in [0.5, 0.6) is 0 Å². The number of carbonyl (C=O) groups excluding carboxylic acids is 2. The summed E-state index contributed by atoms with van der Waals surface area (Å²) in [4.78, 5) is 42.6. The lowest BCUT2D eigenvalue weighted by atomic mass is 10.1. The molecule has 0 saturated carbocycles. The minimum Gasteiger partial charge on any atom is -0.465 e. The molecule has 0 aliphatic heterocycles. The number of nitrogens with zero attached hydrogens (tertiary/aromatic N) is 2. The molecule has 4 aromatic rings. The van der Waals surface area contributed by atoms with Crippen LogP contribution in [-0.2, 0) is 15.7 Å². The number of benzene rings is 3. The van der Waals surface area contributed by atoms with Gasteiger partial charge in [0.15, 0.2) is 0 Å². The minimum atomic E-state index is -4.52. The van der Waals surface area contributed by atoms with E-state index in [-0.39, 0.29) is 33.6 Å². The van der Waals surface area contributed by atoms with E-state index >= 15 is 0 Å².